The summed E-state index contributed by atoms with van der Waals surface area (Å²) >= 11 is 0. The Morgan fingerprint density at radius 2 is 0.985 bits per heavy atom. The van der Waals surface area contributed by atoms with Gasteiger partial charge in [-0.05, 0) is 102 Å². The number of para-hydroxylation sites is 2. The van der Waals surface area contributed by atoms with Gasteiger partial charge in [0.05, 0.1) is 56.2 Å². The number of dihydropyridines is 1. The zero-order chi connectivity index (χ0) is 45.0. The van der Waals surface area contributed by atoms with Crippen molar-refractivity contribution >= 4 is 54.9 Å². The summed E-state index contributed by atoms with van der Waals surface area (Å²) in [7, 11) is 0. The molecule has 1 aliphatic carbocycles. The van der Waals surface area contributed by atoms with Gasteiger partial charge in [0.25, 0.3) is 0 Å². The zero-order valence-corrected chi connectivity index (χ0v) is 37.2. The summed E-state index contributed by atoms with van der Waals surface area (Å²) in [5.41, 5.74) is 16.5. The molecule has 0 radical (unpaired) electrons. The molecular weight excluding hydrogens is 829 g/mol. The van der Waals surface area contributed by atoms with Gasteiger partial charge in [0.15, 0.2) is 0 Å². The van der Waals surface area contributed by atoms with E-state index in [1.807, 2.05) is 12.1 Å². The molecular formula is C62H44N6. The predicted octanol–water partition coefficient (Wildman–Crippen LogP) is 15.4. The van der Waals surface area contributed by atoms with Crippen molar-refractivity contribution in [1.29, 1.82) is 0 Å². The Morgan fingerprint density at radius 1 is 0.382 bits per heavy atom. The molecule has 0 bridgehead atoms. The number of allylic oxidation sites excluding steroid dienone is 5. The standard InChI is InChI=1S/C62H44N6/c1-5-19-41(20-6-1)45-35-53(43-23-9-3-10-24-43)63-55(37-45)51-29-17-33-61(65-51)67-57-31-15-13-27-47(57)49-40-60-50(39-59(49)67)48-28-14-16-32-58(48)68(60)62-34-18-30-52(66-62)56-38-46(42-21-7-2-8-22-42)36-54(64-56)44-25-11-4-12-26-44/h1,3-7,9-32,34-40,61H,2,8,33H2. The third-order valence-corrected chi connectivity index (χ3v) is 13.4. The lowest BCUT2D eigenvalue weighted by atomic mass is 9.97. The van der Waals surface area contributed by atoms with E-state index in [1.54, 1.807) is 0 Å². The van der Waals surface area contributed by atoms with E-state index in [2.05, 4.69) is 222 Å². The van der Waals surface area contributed by atoms with Crippen LogP contribution in [-0.4, -0.2) is 29.8 Å². The topological polar surface area (TPSA) is 60.9 Å². The number of nitrogens with zero attached hydrogens (tertiary/aromatic N) is 6. The molecule has 6 nitrogen and oxygen atoms in total. The number of fused-ring (bicyclic) bond motifs is 6. The predicted molar refractivity (Wildman–Crippen MR) is 281 cm³/mol. The molecule has 2 aliphatic rings. The molecule has 5 aromatic heterocycles. The summed E-state index contributed by atoms with van der Waals surface area (Å²) in [6.45, 7) is 0. The van der Waals surface area contributed by atoms with Crippen LogP contribution in [0, 0.1) is 0 Å². The molecule has 0 fully saturated rings. The number of hydrogen-bond donors (Lipinski definition) is 0. The van der Waals surface area contributed by atoms with E-state index < -0.39 is 0 Å². The van der Waals surface area contributed by atoms with Gasteiger partial charge in [-0.2, -0.15) is 0 Å². The van der Waals surface area contributed by atoms with Crippen LogP contribution in [0.4, 0.5) is 0 Å². The second kappa shape index (κ2) is 16.6. The van der Waals surface area contributed by atoms with Crippen molar-refractivity contribution in [2.45, 2.75) is 25.4 Å². The average molecular weight is 873 g/mol. The highest BCUT2D eigenvalue weighted by molar-refractivity contribution is 6.18. The van der Waals surface area contributed by atoms with Gasteiger partial charge in [0.2, 0.25) is 0 Å². The maximum atomic E-state index is 5.56. The third kappa shape index (κ3) is 6.97. The van der Waals surface area contributed by atoms with Crippen LogP contribution < -0.4 is 0 Å². The lowest BCUT2D eigenvalue weighted by Gasteiger charge is -2.21. The Labute approximate surface area is 394 Å². The van der Waals surface area contributed by atoms with Crippen molar-refractivity contribution in [1.82, 2.24) is 24.1 Å². The average Bonchev–Trinajstić information content (AvgIpc) is 3.93. The van der Waals surface area contributed by atoms with Gasteiger partial charge >= 0.3 is 0 Å². The van der Waals surface area contributed by atoms with E-state index in [0.29, 0.717) is 0 Å². The van der Waals surface area contributed by atoms with Gasteiger partial charge in [0.1, 0.15) is 12.0 Å². The minimum atomic E-state index is -0.187. The first-order valence-corrected chi connectivity index (χ1v) is 23.5. The van der Waals surface area contributed by atoms with Crippen molar-refractivity contribution in [3.63, 3.8) is 0 Å². The maximum absolute atomic E-state index is 5.56. The van der Waals surface area contributed by atoms with Crippen LogP contribution in [0.25, 0.3) is 100 Å². The van der Waals surface area contributed by atoms with Crippen LogP contribution in [0.15, 0.2) is 229 Å². The molecule has 0 saturated carbocycles. The van der Waals surface area contributed by atoms with Gasteiger partial charge in [0, 0.05) is 39.1 Å². The van der Waals surface area contributed by atoms with Crippen LogP contribution in [0.2, 0.25) is 0 Å². The highest BCUT2D eigenvalue weighted by Gasteiger charge is 2.24. The third-order valence-electron chi connectivity index (χ3n) is 13.4. The number of benzene rings is 6. The van der Waals surface area contributed by atoms with E-state index in [4.69, 9.17) is 19.9 Å². The normalized spacial score (nSPS) is 14.8. The molecule has 68 heavy (non-hydrogen) atoms. The molecule has 11 aromatic rings. The number of pyridine rings is 3. The summed E-state index contributed by atoms with van der Waals surface area (Å²) in [6.07, 6.45) is 13.9. The fraction of sp³-hybridized carbons (Fsp3) is 0.0645. The SMILES string of the molecule is C1=CC(c2cc(-c3ccccc3)nc(-c3cccc(-n4c5ccccc5c5cc6c(cc54)c4ccccc4n6C4CC=CC(c5cc(-c6ccccc6)cc(-c6ccccc6)n5)=N4)n3)c2)=CCC1. The highest BCUT2D eigenvalue weighted by atomic mass is 15.1. The molecule has 13 rings (SSSR count). The van der Waals surface area contributed by atoms with Crippen LogP contribution in [-0.2, 0) is 0 Å². The van der Waals surface area contributed by atoms with E-state index in [-0.39, 0.29) is 6.17 Å². The van der Waals surface area contributed by atoms with Crippen molar-refractivity contribution < 1.29 is 0 Å². The quantitative estimate of drug-likeness (QED) is 0.153. The summed E-state index contributed by atoms with van der Waals surface area (Å²) in [6, 6.07) is 68.7. The second-order valence-electron chi connectivity index (χ2n) is 17.6. The molecule has 1 unspecified atom stereocenters. The van der Waals surface area contributed by atoms with E-state index in [1.165, 1.54) is 21.7 Å². The first-order chi connectivity index (χ1) is 33.7. The molecule has 1 atom stereocenters. The van der Waals surface area contributed by atoms with Crippen molar-refractivity contribution in [3.8, 4) is 50.8 Å². The van der Waals surface area contributed by atoms with Crippen molar-refractivity contribution in [2.75, 3.05) is 0 Å². The molecule has 6 heteroatoms. The smallest absolute Gasteiger partial charge is 0.138 e. The van der Waals surface area contributed by atoms with Crippen molar-refractivity contribution in [3.05, 3.63) is 236 Å². The molecule has 0 saturated heterocycles. The van der Waals surface area contributed by atoms with Gasteiger partial charge in [-0.3, -0.25) is 9.56 Å². The van der Waals surface area contributed by atoms with E-state index in [9.17, 15) is 0 Å². The molecule has 0 amide bonds. The fourth-order valence-corrected chi connectivity index (χ4v) is 10.2. The van der Waals surface area contributed by atoms with Gasteiger partial charge in [-0.15, -0.1) is 0 Å². The van der Waals surface area contributed by atoms with E-state index >= 15 is 0 Å². The lowest BCUT2D eigenvalue weighted by molar-refractivity contribution is 0.560. The van der Waals surface area contributed by atoms with E-state index in [0.717, 1.165) is 115 Å². The monoisotopic (exact) mass is 872 g/mol. The van der Waals surface area contributed by atoms with Crippen LogP contribution in [0.5, 0.6) is 0 Å². The molecule has 0 N–H and O–H groups in total. The molecule has 6 aromatic carbocycles. The highest BCUT2D eigenvalue weighted by Crippen LogP contribution is 2.41. The summed E-state index contributed by atoms with van der Waals surface area (Å²) < 4.78 is 4.76. The van der Waals surface area contributed by atoms with Gasteiger partial charge in [-0.1, -0.05) is 158 Å². The fourth-order valence-electron chi connectivity index (χ4n) is 10.2. The molecule has 0 spiro atoms. The zero-order valence-electron chi connectivity index (χ0n) is 37.2. The van der Waals surface area contributed by atoms with Crippen LogP contribution >= 0.6 is 0 Å². The number of rotatable bonds is 8. The van der Waals surface area contributed by atoms with Crippen molar-refractivity contribution in [2.24, 2.45) is 4.99 Å². The first-order valence-electron chi connectivity index (χ1n) is 23.5. The first kappa shape index (κ1) is 39.6. The largest absolute Gasteiger partial charge is 0.317 e. The number of aliphatic imine (C=N–C) groups is 1. The minimum absolute atomic E-state index is 0.187. The lowest BCUT2D eigenvalue weighted by Crippen LogP contribution is -2.14. The molecule has 322 valence electrons. The van der Waals surface area contributed by atoms with Gasteiger partial charge in [-0.25, -0.2) is 15.0 Å². The molecule has 6 heterocycles. The number of hydrogen-bond acceptors (Lipinski definition) is 4. The Balaban J connectivity index is 0.961. The summed E-state index contributed by atoms with van der Waals surface area (Å²) in [5, 5.41) is 4.68. The maximum Gasteiger partial charge on any atom is 0.138 e. The summed E-state index contributed by atoms with van der Waals surface area (Å²) in [5.74, 6) is 0.841. The van der Waals surface area contributed by atoms with Gasteiger partial charge < -0.3 is 4.57 Å². The Morgan fingerprint density at radius 3 is 1.72 bits per heavy atom. The number of aromatic nitrogens is 5. The summed E-state index contributed by atoms with van der Waals surface area (Å²) in [4.78, 5) is 21.5. The Bertz CT molecular complexity index is 3810. The Hall–Kier alpha value is -8.74. The van der Waals surface area contributed by atoms with Crippen LogP contribution in [0.3, 0.4) is 0 Å². The molecule has 1 aliphatic heterocycles. The minimum Gasteiger partial charge on any atom is -0.317 e. The van der Waals surface area contributed by atoms with Crippen LogP contribution in [0.1, 0.15) is 36.7 Å². The second-order valence-corrected chi connectivity index (χ2v) is 17.6. The Kier molecular flexibility index (Phi) is 9.67.